The number of nitrogens with one attached hydrogen (secondary N) is 1. The lowest BCUT2D eigenvalue weighted by Gasteiger charge is -2.33. The predicted molar refractivity (Wildman–Crippen MR) is 126 cm³/mol. The van der Waals surface area contributed by atoms with Crippen LogP contribution in [0.4, 0.5) is 0 Å². The number of hydrogen-bond acceptors (Lipinski definition) is 5. The van der Waals surface area contributed by atoms with E-state index in [-0.39, 0.29) is 17.9 Å². The molecule has 3 aliphatic heterocycles. The minimum absolute atomic E-state index is 0.0569. The zero-order valence-corrected chi connectivity index (χ0v) is 20.0. The predicted octanol–water partition coefficient (Wildman–Crippen LogP) is 3.29. The van der Waals surface area contributed by atoms with Crippen molar-refractivity contribution >= 4 is 26.7 Å². The van der Waals surface area contributed by atoms with Crippen LogP contribution in [0.2, 0.25) is 0 Å². The maximum Gasteiger partial charge on any atom is 0.285 e. The van der Waals surface area contributed by atoms with Gasteiger partial charge < -0.3 is 15.0 Å². The first-order valence-corrected chi connectivity index (χ1v) is 13.0. The summed E-state index contributed by atoms with van der Waals surface area (Å²) >= 11 is 0. The van der Waals surface area contributed by atoms with Crippen LogP contribution >= 0.6 is 0 Å². The van der Waals surface area contributed by atoms with Gasteiger partial charge in [-0.15, -0.1) is 4.40 Å². The molecule has 0 radical (unpaired) electrons. The minimum Gasteiger partial charge on any atom is -0.376 e. The summed E-state index contributed by atoms with van der Waals surface area (Å²) in [4.78, 5) is 14.8. The number of carbonyl (C=O) groups excluding carboxylic acids is 1. The summed E-state index contributed by atoms with van der Waals surface area (Å²) in [5, 5.41) is 3.02. The van der Waals surface area contributed by atoms with E-state index in [2.05, 4.69) is 23.6 Å². The van der Waals surface area contributed by atoms with Crippen LogP contribution < -0.4 is 5.32 Å². The molecule has 0 aliphatic carbocycles. The molecule has 1 aromatic carbocycles. The number of sulfonamides is 1. The van der Waals surface area contributed by atoms with Crippen molar-refractivity contribution in [2.45, 2.75) is 58.5 Å². The molecule has 1 aromatic rings. The van der Waals surface area contributed by atoms with Crippen molar-refractivity contribution < 1.29 is 17.9 Å². The van der Waals surface area contributed by atoms with Crippen molar-refractivity contribution in [3.05, 3.63) is 41.0 Å². The lowest BCUT2D eigenvalue weighted by Crippen LogP contribution is -2.44. The Morgan fingerprint density at radius 2 is 1.88 bits per heavy atom. The van der Waals surface area contributed by atoms with E-state index in [1.54, 1.807) is 0 Å². The van der Waals surface area contributed by atoms with Crippen molar-refractivity contribution in [3.8, 4) is 0 Å². The van der Waals surface area contributed by atoms with Crippen LogP contribution in [0, 0.1) is 5.92 Å². The average molecular weight is 460 g/mol. The van der Waals surface area contributed by atoms with Crippen molar-refractivity contribution in [2.24, 2.45) is 10.3 Å². The van der Waals surface area contributed by atoms with Crippen LogP contribution in [0.5, 0.6) is 0 Å². The molecule has 3 heterocycles. The maximum absolute atomic E-state index is 12.9. The molecule has 0 aromatic heterocycles. The summed E-state index contributed by atoms with van der Waals surface area (Å²) in [6.45, 7) is 8.63. The quantitative estimate of drug-likeness (QED) is 0.730. The summed E-state index contributed by atoms with van der Waals surface area (Å²) in [5.41, 5.74) is 2.53. The molecule has 3 aliphatic rings. The minimum atomic E-state index is -3.74. The maximum atomic E-state index is 12.9. The lowest BCUT2D eigenvalue weighted by molar-refractivity contribution is -0.126. The average Bonchev–Trinajstić information content (AvgIpc) is 3.37. The molecule has 0 saturated carbocycles. The van der Waals surface area contributed by atoms with E-state index < -0.39 is 10.0 Å². The van der Waals surface area contributed by atoms with Gasteiger partial charge in [0.15, 0.2) is 0 Å². The van der Waals surface area contributed by atoms with Gasteiger partial charge >= 0.3 is 0 Å². The van der Waals surface area contributed by atoms with Gasteiger partial charge in [-0.3, -0.25) is 4.79 Å². The van der Waals surface area contributed by atoms with E-state index in [4.69, 9.17) is 4.74 Å². The van der Waals surface area contributed by atoms with Crippen LogP contribution in [-0.4, -0.2) is 57.4 Å². The fourth-order valence-electron chi connectivity index (χ4n) is 4.72. The zero-order chi connectivity index (χ0) is 22.9. The number of piperidine rings is 1. The molecule has 1 atom stereocenters. The number of likely N-dealkylation sites (tertiary alicyclic amines) is 1. The number of benzene rings is 1. The van der Waals surface area contributed by atoms with Crippen molar-refractivity contribution in [3.63, 3.8) is 0 Å². The molecule has 32 heavy (non-hydrogen) atoms. The van der Waals surface area contributed by atoms with Crippen molar-refractivity contribution in [2.75, 3.05) is 26.2 Å². The van der Waals surface area contributed by atoms with Gasteiger partial charge in [-0.2, -0.15) is 8.42 Å². The van der Waals surface area contributed by atoms with Gasteiger partial charge in [0, 0.05) is 37.7 Å². The molecule has 174 valence electrons. The van der Waals surface area contributed by atoms with Gasteiger partial charge in [0.1, 0.15) is 10.7 Å². The summed E-state index contributed by atoms with van der Waals surface area (Å²) in [5.74, 6) is 0.916. The molecule has 2 saturated heterocycles. The Morgan fingerprint density at radius 1 is 1.19 bits per heavy atom. The van der Waals surface area contributed by atoms with Gasteiger partial charge in [-0.05, 0) is 49.7 Å². The van der Waals surface area contributed by atoms with E-state index in [9.17, 15) is 13.2 Å². The van der Waals surface area contributed by atoms with E-state index >= 15 is 0 Å². The monoisotopic (exact) mass is 459 g/mol. The second-order valence-electron chi connectivity index (χ2n) is 9.26. The third-order valence-electron chi connectivity index (χ3n) is 6.67. The third-order valence-corrected chi connectivity index (χ3v) is 8.14. The number of amidine groups is 1. The largest absolute Gasteiger partial charge is 0.376 e. The van der Waals surface area contributed by atoms with E-state index in [1.165, 1.54) is 5.56 Å². The molecule has 1 N–H and O–H groups in total. The molecule has 8 heteroatoms. The number of carbonyl (C=O) groups is 1. The van der Waals surface area contributed by atoms with Crippen LogP contribution in [0.25, 0.3) is 4.91 Å². The number of hydrogen-bond donors (Lipinski definition) is 1. The highest BCUT2D eigenvalue weighted by atomic mass is 32.2. The van der Waals surface area contributed by atoms with Crippen LogP contribution in [-0.2, 0) is 19.6 Å². The van der Waals surface area contributed by atoms with Crippen molar-refractivity contribution in [1.29, 1.82) is 0 Å². The standard InChI is InChI=1S/C24H33N3O4S/c1-16(2)18-6-8-19(9-7-18)22-17(3)23(26-32(22,29)30)27-12-10-20(11-13-27)24(28)25-15-21-5-4-14-31-21/h6-9,16,20-21H,4-5,10-15H2,1-3H3,(H,25,28)/t21-/m1/s1. The van der Waals surface area contributed by atoms with Gasteiger partial charge in [-0.25, -0.2) is 0 Å². The highest BCUT2D eigenvalue weighted by Gasteiger charge is 2.35. The Hall–Kier alpha value is -2.19. The Bertz CT molecular complexity index is 1010. The van der Waals surface area contributed by atoms with E-state index in [1.807, 2.05) is 36.1 Å². The highest BCUT2D eigenvalue weighted by Crippen LogP contribution is 2.35. The van der Waals surface area contributed by atoms with Crippen LogP contribution in [0.15, 0.2) is 34.2 Å². The number of rotatable bonds is 5. The number of amides is 1. The molecule has 1 amide bonds. The number of ether oxygens (including phenoxy) is 1. The van der Waals surface area contributed by atoms with Gasteiger partial charge in [0.2, 0.25) is 5.91 Å². The first-order valence-electron chi connectivity index (χ1n) is 11.6. The Labute approximate surface area is 191 Å². The molecule has 2 fully saturated rings. The van der Waals surface area contributed by atoms with Gasteiger partial charge in [0.05, 0.1) is 6.10 Å². The molecule has 0 bridgehead atoms. The molecular weight excluding hydrogens is 426 g/mol. The molecule has 4 rings (SSSR count). The second kappa shape index (κ2) is 9.35. The van der Waals surface area contributed by atoms with Gasteiger partial charge in [0.25, 0.3) is 10.0 Å². The second-order valence-corrected chi connectivity index (χ2v) is 10.8. The molecule has 0 spiro atoms. The Kier molecular flexibility index (Phi) is 6.72. The number of nitrogens with zero attached hydrogens (tertiary/aromatic N) is 2. The molecule has 7 nitrogen and oxygen atoms in total. The smallest absolute Gasteiger partial charge is 0.285 e. The van der Waals surface area contributed by atoms with Gasteiger partial charge in [-0.1, -0.05) is 38.1 Å². The summed E-state index contributed by atoms with van der Waals surface area (Å²) < 4.78 is 35.5. The molecular formula is C24H33N3O4S. The Balaban J connectivity index is 1.41. The van der Waals surface area contributed by atoms with Crippen LogP contribution in [0.1, 0.15) is 63.5 Å². The fraction of sp³-hybridized carbons (Fsp3) is 0.583. The summed E-state index contributed by atoms with van der Waals surface area (Å²) in [6, 6.07) is 7.70. The normalized spacial score (nSPS) is 23.7. The summed E-state index contributed by atoms with van der Waals surface area (Å²) in [7, 11) is -3.74. The van der Waals surface area contributed by atoms with E-state index in [0.717, 1.165) is 19.4 Å². The topological polar surface area (TPSA) is 88.1 Å². The molecule has 0 unspecified atom stereocenters. The fourth-order valence-corrected chi connectivity index (χ4v) is 6.20. The summed E-state index contributed by atoms with van der Waals surface area (Å²) in [6.07, 6.45) is 3.56. The van der Waals surface area contributed by atoms with Crippen LogP contribution in [0.3, 0.4) is 0 Å². The zero-order valence-electron chi connectivity index (χ0n) is 19.1. The highest BCUT2D eigenvalue weighted by molar-refractivity contribution is 8.00. The lowest BCUT2D eigenvalue weighted by atomic mass is 9.95. The first-order chi connectivity index (χ1) is 15.3. The van der Waals surface area contributed by atoms with Crippen molar-refractivity contribution in [1.82, 2.24) is 10.2 Å². The Morgan fingerprint density at radius 3 is 2.47 bits per heavy atom. The van der Waals surface area contributed by atoms with E-state index in [0.29, 0.717) is 60.3 Å². The first kappa shape index (κ1) is 23.0. The SMILES string of the molecule is CC1=C(c2ccc(C(C)C)cc2)S(=O)(=O)N=C1N1CCC(C(=O)NC[C@H]2CCCO2)CC1. The third kappa shape index (κ3) is 4.76.